The van der Waals surface area contributed by atoms with Gasteiger partial charge in [0.25, 0.3) is 0 Å². The van der Waals surface area contributed by atoms with E-state index in [2.05, 4.69) is 13.2 Å². The first kappa shape index (κ1) is 28.0. The molecule has 3 saturated heterocycles. The van der Waals surface area contributed by atoms with Crippen LogP contribution < -0.4 is 0 Å². The molecule has 3 aliphatic heterocycles. The number of likely N-dealkylation sites (tertiary alicyclic amines) is 1. The van der Waals surface area contributed by atoms with E-state index >= 15 is 0 Å². The molecule has 3 aliphatic rings. The summed E-state index contributed by atoms with van der Waals surface area (Å²) >= 11 is 0. The molecule has 8 heteroatoms. The lowest BCUT2D eigenvalue weighted by molar-refractivity contribution is -0.156. The number of carbonyl (C=O) groups excluding carboxylic acids is 3. The third kappa shape index (κ3) is 4.37. The highest BCUT2D eigenvalue weighted by Gasteiger charge is 2.79. The average Bonchev–Trinajstić information content (AvgIpc) is 3.51. The van der Waals surface area contributed by atoms with Gasteiger partial charge in [-0.25, -0.2) is 0 Å². The van der Waals surface area contributed by atoms with Crippen molar-refractivity contribution < 1.29 is 24.2 Å². The van der Waals surface area contributed by atoms with E-state index < -0.39 is 29.1 Å². The number of ether oxygens (including phenoxy) is 1. The standard InChI is InChI=1S/C30H41N3O5/c1-6-16-31(20-22-12-10-9-11-13-22)26(35)23-24-27(36)33(18-19-34)25(28(37)32(17-7-2)21(4)5)30(24)15-14-29(23,8-3)38-30/h6-7,9-13,21,23-25,34H,1-2,8,14-20H2,3-5H3/t23-,24-,25?,29+,30?/m0/s1. The van der Waals surface area contributed by atoms with Crippen LogP contribution in [-0.2, 0) is 25.7 Å². The lowest BCUT2D eigenvalue weighted by Gasteiger charge is -2.38. The van der Waals surface area contributed by atoms with Gasteiger partial charge in [0.05, 0.1) is 24.0 Å². The van der Waals surface area contributed by atoms with Gasteiger partial charge in [-0.1, -0.05) is 49.4 Å². The van der Waals surface area contributed by atoms with E-state index in [1.807, 2.05) is 51.1 Å². The number of hydrogen-bond donors (Lipinski definition) is 1. The van der Waals surface area contributed by atoms with E-state index in [9.17, 15) is 19.5 Å². The van der Waals surface area contributed by atoms with Crippen molar-refractivity contribution in [2.75, 3.05) is 26.2 Å². The fourth-order valence-electron chi connectivity index (χ4n) is 6.96. The number of hydrogen-bond acceptors (Lipinski definition) is 5. The van der Waals surface area contributed by atoms with Crippen molar-refractivity contribution >= 4 is 17.7 Å². The number of nitrogens with zero attached hydrogens (tertiary/aromatic N) is 3. The molecule has 8 nitrogen and oxygen atoms in total. The van der Waals surface area contributed by atoms with Gasteiger partial charge in [0.15, 0.2) is 0 Å². The van der Waals surface area contributed by atoms with Crippen LogP contribution in [0, 0.1) is 11.8 Å². The molecule has 0 saturated carbocycles. The van der Waals surface area contributed by atoms with Crippen LogP contribution in [0.4, 0.5) is 0 Å². The van der Waals surface area contributed by atoms with Gasteiger partial charge in [0.1, 0.15) is 11.6 Å². The number of fused-ring (bicyclic) bond motifs is 1. The van der Waals surface area contributed by atoms with E-state index in [1.165, 1.54) is 4.90 Å². The zero-order valence-corrected chi connectivity index (χ0v) is 22.8. The van der Waals surface area contributed by atoms with Gasteiger partial charge in [-0.3, -0.25) is 14.4 Å². The molecular formula is C30H41N3O5. The smallest absolute Gasteiger partial charge is 0.248 e. The Labute approximate surface area is 225 Å². The van der Waals surface area contributed by atoms with Crippen LogP contribution in [0.2, 0.25) is 0 Å². The molecule has 1 aromatic rings. The predicted octanol–water partition coefficient (Wildman–Crippen LogP) is 2.77. The summed E-state index contributed by atoms with van der Waals surface area (Å²) in [5.41, 5.74) is -0.948. The average molecular weight is 524 g/mol. The minimum atomic E-state index is -1.11. The van der Waals surface area contributed by atoms with Crippen molar-refractivity contribution in [1.82, 2.24) is 14.7 Å². The zero-order chi connectivity index (χ0) is 27.7. The van der Waals surface area contributed by atoms with Crippen molar-refractivity contribution in [2.24, 2.45) is 11.8 Å². The van der Waals surface area contributed by atoms with Crippen molar-refractivity contribution in [1.29, 1.82) is 0 Å². The minimum absolute atomic E-state index is 0.0112. The number of benzene rings is 1. The SMILES string of the molecule is C=CCN(Cc1ccccc1)C(=O)[C@@H]1[C@H]2C(=O)N(CCO)C(C(=O)N(CC=C)C(C)C)C23CC[C@@]1(CC)O3. The number of β-amino-alcohol motifs (C(OH)–C–C–N with tert-alkyl or cyclic N) is 1. The van der Waals surface area contributed by atoms with Gasteiger partial charge in [0, 0.05) is 32.2 Å². The lowest BCUT2D eigenvalue weighted by atomic mass is 9.64. The molecular weight excluding hydrogens is 482 g/mol. The van der Waals surface area contributed by atoms with E-state index in [0.29, 0.717) is 38.9 Å². The van der Waals surface area contributed by atoms with Gasteiger partial charge in [-0.05, 0) is 38.7 Å². The number of aliphatic hydroxyl groups excluding tert-OH is 1. The maximum atomic E-state index is 14.3. The number of amides is 3. The Morgan fingerprint density at radius 3 is 2.42 bits per heavy atom. The number of carbonyl (C=O) groups is 3. The Morgan fingerprint density at radius 1 is 1.16 bits per heavy atom. The Hall–Kier alpha value is -2.97. The lowest BCUT2D eigenvalue weighted by Crippen LogP contribution is -2.57. The van der Waals surface area contributed by atoms with Gasteiger partial charge >= 0.3 is 0 Å². The summed E-state index contributed by atoms with van der Waals surface area (Å²) in [7, 11) is 0. The highest BCUT2D eigenvalue weighted by molar-refractivity contribution is 5.99. The van der Waals surface area contributed by atoms with Crippen molar-refractivity contribution in [3.8, 4) is 0 Å². The van der Waals surface area contributed by atoms with Gasteiger partial charge < -0.3 is 24.5 Å². The summed E-state index contributed by atoms with van der Waals surface area (Å²) in [4.78, 5) is 47.4. The van der Waals surface area contributed by atoms with Crippen molar-refractivity contribution in [3.05, 3.63) is 61.2 Å². The van der Waals surface area contributed by atoms with E-state index in [-0.39, 0.29) is 36.9 Å². The van der Waals surface area contributed by atoms with Crippen LogP contribution >= 0.6 is 0 Å². The zero-order valence-electron chi connectivity index (χ0n) is 22.8. The fraction of sp³-hybridized carbons (Fsp3) is 0.567. The van der Waals surface area contributed by atoms with Gasteiger partial charge in [0.2, 0.25) is 17.7 Å². The third-order valence-corrected chi connectivity index (χ3v) is 8.63. The fourth-order valence-corrected chi connectivity index (χ4v) is 6.96. The van der Waals surface area contributed by atoms with Crippen molar-refractivity contribution in [3.63, 3.8) is 0 Å². The summed E-state index contributed by atoms with van der Waals surface area (Å²) in [5.74, 6) is -2.17. The molecule has 1 spiro atoms. The second kappa shape index (κ2) is 11.0. The molecule has 2 bridgehead atoms. The van der Waals surface area contributed by atoms with Crippen LogP contribution in [0.5, 0.6) is 0 Å². The number of rotatable bonds is 12. The topological polar surface area (TPSA) is 90.4 Å². The molecule has 0 aromatic heterocycles. The molecule has 1 N–H and O–H groups in total. The Morgan fingerprint density at radius 2 is 1.84 bits per heavy atom. The third-order valence-electron chi connectivity index (χ3n) is 8.63. The second-order valence-electron chi connectivity index (χ2n) is 11.0. The van der Waals surface area contributed by atoms with Crippen LogP contribution in [0.3, 0.4) is 0 Å². The Bertz CT molecular complexity index is 1070. The molecule has 2 unspecified atom stereocenters. The van der Waals surface area contributed by atoms with Crippen molar-refractivity contribution in [2.45, 2.75) is 69.9 Å². The molecule has 1 aromatic carbocycles. The molecule has 206 valence electrons. The van der Waals surface area contributed by atoms with Crippen LogP contribution in [0.25, 0.3) is 0 Å². The molecule has 4 rings (SSSR count). The minimum Gasteiger partial charge on any atom is -0.395 e. The summed E-state index contributed by atoms with van der Waals surface area (Å²) in [6.45, 7) is 14.3. The van der Waals surface area contributed by atoms with E-state index in [4.69, 9.17) is 4.74 Å². The van der Waals surface area contributed by atoms with Gasteiger partial charge in [-0.2, -0.15) is 0 Å². The molecule has 5 atom stereocenters. The first-order chi connectivity index (χ1) is 18.2. The summed E-state index contributed by atoms with van der Waals surface area (Å²) in [5, 5.41) is 9.86. The molecule has 3 heterocycles. The largest absolute Gasteiger partial charge is 0.395 e. The molecule has 0 radical (unpaired) electrons. The van der Waals surface area contributed by atoms with Gasteiger partial charge in [-0.15, -0.1) is 13.2 Å². The molecule has 3 fully saturated rings. The Kier molecular flexibility index (Phi) is 8.14. The maximum absolute atomic E-state index is 14.3. The maximum Gasteiger partial charge on any atom is 0.248 e. The Balaban J connectivity index is 1.77. The predicted molar refractivity (Wildman–Crippen MR) is 145 cm³/mol. The van der Waals surface area contributed by atoms with E-state index in [1.54, 1.807) is 22.0 Å². The summed E-state index contributed by atoms with van der Waals surface area (Å²) < 4.78 is 6.83. The van der Waals surface area contributed by atoms with E-state index in [0.717, 1.165) is 5.56 Å². The number of aliphatic hydroxyl groups is 1. The molecule has 38 heavy (non-hydrogen) atoms. The van der Waals surface area contributed by atoms with Crippen LogP contribution in [0.15, 0.2) is 55.6 Å². The quantitative estimate of drug-likeness (QED) is 0.426. The summed E-state index contributed by atoms with van der Waals surface area (Å²) in [6, 6.07) is 8.71. The molecule has 3 amide bonds. The molecule has 0 aliphatic carbocycles. The summed E-state index contributed by atoms with van der Waals surface area (Å²) in [6.07, 6.45) is 5.03. The highest BCUT2D eigenvalue weighted by Crippen LogP contribution is 2.64. The monoisotopic (exact) mass is 523 g/mol. The second-order valence-corrected chi connectivity index (χ2v) is 11.0. The first-order valence-electron chi connectivity index (χ1n) is 13.7. The van der Waals surface area contributed by atoms with Crippen LogP contribution in [0.1, 0.15) is 45.6 Å². The first-order valence-corrected chi connectivity index (χ1v) is 13.7. The highest BCUT2D eigenvalue weighted by atomic mass is 16.5. The van der Waals surface area contributed by atoms with Crippen LogP contribution in [-0.4, -0.2) is 87.1 Å². The normalized spacial score (nSPS) is 29.4.